The molecule has 24 heavy (non-hydrogen) atoms. The number of guanidine groups is 1. The van der Waals surface area contributed by atoms with E-state index in [1.54, 1.807) is 6.20 Å². The molecule has 3 rings (SSSR count). The number of hydrogen-bond donors (Lipinski definition) is 1. The molecule has 1 amide bonds. The van der Waals surface area contributed by atoms with Crippen LogP contribution in [0, 0.1) is 5.82 Å². The fourth-order valence-corrected chi connectivity index (χ4v) is 2.95. The summed E-state index contributed by atoms with van der Waals surface area (Å²) < 4.78 is 13.0. The maximum absolute atomic E-state index is 13.0. The van der Waals surface area contributed by atoms with Gasteiger partial charge in [0.1, 0.15) is 5.82 Å². The van der Waals surface area contributed by atoms with Crippen molar-refractivity contribution in [1.29, 1.82) is 0 Å². The molecule has 6 heteroatoms. The lowest BCUT2D eigenvalue weighted by molar-refractivity contribution is 0.0999. The Morgan fingerprint density at radius 3 is 2.75 bits per heavy atom. The largest absolute Gasteiger partial charge is 0.369 e. The fraction of sp³-hybridized carbons (Fsp3) is 0.278. The van der Waals surface area contributed by atoms with E-state index < -0.39 is 11.7 Å². The molecule has 2 aromatic rings. The van der Waals surface area contributed by atoms with Crippen LogP contribution in [0.25, 0.3) is 0 Å². The summed E-state index contributed by atoms with van der Waals surface area (Å²) in [4.78, 5) is 22.3. The van der Waals surface area contributed by atoms with Crippen LogP contribution >= 0.6 is 0 Å². The number of carbonyl (C=O) groups excluding carboxylic acids is 1. The molecule has 2 N–H and O–H groups in total. The molecular formula is C18H19FN4O. The first-order valence-corrected chi connectivity index (χ1v) is 7.96. The number of carbonyl (C=O) groups is 1. The van der Waals surface area contributed by atoms with Gasteiger partial charge in [0.15, 0.2) is 5.96 Å². The highest BCUT2D eigenvalue weighted by atomic mass is 19.1. The van der Waals surface area contributed by atoms with Gasteiger partial charge in [-0.15, -0.1) is 0 Å². The third-order valence-electron chi connectivity index (χ3n) is 4.17. The van der Waals surface area contributed by atoms with Crippen LogP contribution in [0.2, 0.25) is 0 Å². The number of likely N-dealkylation sites (tertiary alicyclic amines) is 1. The lowest BCUT2D eigenvalue weighted by Gasteiger charge is -2.36. The monoisotopic (exact) mass is 326 g/mol. The maximum Gasteiger partial charge on any atom is 0.280 e. The molecule has 0 radical (unpaired) electrons. The van der Waals surface area contributed by atoms with Crippen molar-refractivity contribution in [3.63, 3.8) is 0 Å². The van der Waals surface area contributed by atoms with E-state index in [9.17, 15) is 9.18 Å². The second kappa shape index (κ2) is 7.21. The Kier molecular flexibility index (Phi) is 4.84. The summed E-state index contributed by atoms with van der Waals surface area (Å²) >= 11 is 0. The topological polar surface area (TPSA) is 71.6 Å². The lowest BCUT2D eigenvalue weighted by Crippen LogP contribution is -2.43. The number of nitrogens with two attached hydrogens (primary N) is 1. The van der Waals surface area contributed by atoms with Crippen LogP contribution in [0.4, 0.5) is 4.39 Å². The Morgan fingerprint density at radius 2 is 2.04 bits per heavy atom. The first-order chi connectivity index (χ1) is 11.6. The SMILES string of the molecule is NC(=NC(=O)c1ccc(F)cc1)N1CCCCC1c1cccnc1. The summed E-state index contributed by atoms with van der Waals surface area (Å²) in [5, 5.41) is 0. The van der Waals surface area contributed by atoms with Gasteiger partial charge in [-0.2, -0.15) is 4.99 Å². The van der Waals surface area contributed by atoms with E-state index in [2.05, 4.69) is 9.98 Å². The molecule has 1 saturated heterocycles. The molecule has 1 aliphatic heterocycles. The first-order valence-electron chi connectivity index (χ1n) is 7.96. The van der Waals surface area contributed by atoms with Crippen LogP contribution < -0.4 is 5.73 Å². The van der Waals surface area contributed by atoms with Crippen LogP contribution in [0.3, 0.4) is 0 Å². The average molecular weight is 326 g/mol. The van der Waals surface area contributed by atoms with Gasteiger partial charge in [0.05, 0.1) is 6.04 Å². The van der Waals surface area contributed by atoms with E-state index in [0.29, 0.717) is 5.56 Å². The summed E-state index contributed by atoms with van der Waals surface area (Å²) in [5.74, 6) is -0.669. The van der Waals surface area contributed by atoms with Crippen LogP contribution in [-0.2, 0) is 0 Å². The van der Waals surface area contributed by atoms with Crippen molar-refractivity contribution >= 4 is 11.9 Å². The quantitative estimate of drug-likeness (QED) is 0.680. The zero-order valence-electron chi connectivity index (χ0n) is 13.2. The molecule has 1 aromatic carbocycles. The highest BCUT2D eigenvalue weighted by Gasteiger charge is 2.26. The molecule has 0 aliphatic carbocycles. The van der Waals surface area contributed by atoms with Crippen molar-refractivity contribution in [2.45, 2.75) is 25.3 Å². The van der Waals surface area contributed by atoms with Crippen LogP contribution in [0.5, 0.6) is 0 Å². The third-order valence-corrected chi connectivity index (χ3v) is 4.17. The number of halogens is 1. The smallest absolute Gasteiger partial charge is 0.280 e. The Morgan fingerprint density at radius 1 is 1.25 bits per heavy atom. The lowest BCUT2D eigenvalue weighted by atomic mass is 9.97. The van der Waals surface area contributed by atoms with Crippen molar-refractivity contribution in [3.05, 3.63) is 65.7 Å². The summed E-state index contributed by atoms with van der Waals surface area (Å²) in [6.45, 7) is 0.742. The second-order valence-corrected chi connectivity index (χ2v) is 5.77. The van der Waals surface area contributed by atoms with Crippen molar-refractivity contribution in [3.8, 4) is 0 Å². The number of piperidine rings is 1. The number of rotatable bonds is 2. The van der Waals surface area contributed by atoms with Gasteiger partial charge >= 0.3 is 0 Å². The molecule has 0 spiro atoms. The minimum Gasteiger partial charge on any atom is -0.369 e. The molecule has 0 saturated carbocycles. The molecular weight excluding hydrogens is 307 g/mol. The Balaban J connectivity index is 1.82. The number of amides is 1. The van der Waals surface area contributed by atoms with Gasteiger partial charge in [-0.25, -0.2) is 4.39 Å². The number of benzene rings is 1. The van der Waals surface area contributed by atoms with E-state index in [4.69, 9.17) is 5.73 Å². The van der Waals surface area contributed by atoms with Gasteiger partial charge in [0, 0.05) is 24.5 Å². The first kappa shape index (κ1) is 16.1. The predicted molar refractivity (Wildman–Crippen MR) is 89.9 cm³/mol. The summed E-state index contributed by atoms with van der Waals surface area (Å²) in [6, 6.07) is 9.24. The molecule has 1 unspecified atom stereocenters. The van der Waals surface area contributed by atoms with Gasteiger partial charge in [-0.05, 0) is 55.2 Å². The summed E-state index contributed by atoms with van der Waals surface area (Å²) in [6.07, 6.45) is 6.57. The third kappa shape index (κ3) is 3.59. The minimum absolute atomic E-state index is 0.0669. The molecule has 124 valence electrons. The Bertz CT molecular complexity index is 730. The van der Waals surface area contributed by atoms with Crippen molar-refractivity contribution in [2.75, 3.05) is 6.54 Å². The molecule has 5 nitrogen and oxygen atoms in total. The van der Waals surface area contributed by atoms with Crippen LogP contribution in [-0.4, -0.2) is 28.3 Å². The van der Waals surface area contributed by atoms with Crippen molar-refractivity contribution < 1.29 is 9.18 Å². The van der Waals surface area contributed by atoms with Gasteiger partial charge in [0.2, 0.25) is 0 Å². The maximum atomic E-state index is 13.0. The molecule has 1 fully saturated rings. The van der Waals surface area contributed by atoms with Gasteiger partial charge in [0.25, 0.3) is 5.91 Å². The zero-order valence-corrected chi connectivity index (χ0v) is 13.2. The van der Waals surface area contributed by atoms with Crippen molar-refractivity contribution in [1.82, 2.24) is 9.88 Å². The molecule has 1 atom stereocenters. The highest BCUT2D eigenvalue weighted by molar-refractivity contribution is 6.02. The summed E-state index contributed by atoms with van der Waals surface area (Å²) in [5.41, 5.74) is 7.48. The van der Waals surface area contributed by atoms with Gasteiger partial charge in [-0.1, -0.05) is 6.07 Å². The number of hydrogen-bond acceptors (Lipinski definition) is 2. The van der Waals surface area contributed by atoms with Crippen LogP contribution in [0.1, 0.15) is 41.2 Å². The standard InChI is InChI=1S/C18H19FN4O/c19-15-8-6-13(7-9-15)17(24)22-18(20)23-11-2-1-5-16(23)14-4-3-10-21-12-14/h3-4,6-10,12,16H,1-2,5,11H2,(H2,20,22,24). The minimum atomic E-state index is -0.469. The Labute approximate surface area is 140 Å². The van der Waals surface area contributed by atoms with Crippen LogP contribution in [0.15, 0.2) is 53.8 Å². The van der Waals surface area contributed by atoms with Gasteiger partial charge in [-0.3, -0.25) is 9.78 Å². The highest BCUT2D eigenvalue weighted by Crippen LogP contribution is 2.30. The second-order valence-electron chi connectivity index (χ2n) is 5.77. The number of aliphatic imine (C=N–C) groups is 1. The van der Waals surface area contributed by atoms with E-state index in [-0.39, 0.29) is 12.0 Å². The van der Waals surface area contributed by atoms with E-state index >= 15 is 0 Å². The fourth-order valence-electron chi connectivity index (χ4n) is 2.95. The summed E-state index contributed by atoms with van der Waals surface area (Å²) in [7, 11) is 0. The molecule has 1 aliphatic rings. The molecule has 1 aromatic heterocycles. The predicted octanol–water partition coefficient (Wildman–Crippen LogP) is 2.90. The average Bonchev–Trinajstić information content (AvgIpc) is 2.63. The van der Waals surface area contributed by atoms with E-state index in [1.807, 2.05) is 23.2 Å². The van der Waals surface area contributed by atoms with Gasteiger partial charge < -0.3 is 10.6 Å². The van der Waals surface area contributed by atoms with E-state index in [0.717, 1.165) is 31.4 Å². The zero-order chi connectivity index (χ0) is 16.9. The number of aromatic nitrogens is 1. The normalized spacial score (nSPS) is 18.5. The molecule has 2 heterocycles. The Hall–Kier alpha value is -2.76. The number of nitrogens with zero attached hydrogens (tertiary/aromatic N) is 3. The van der Waals surface area contributed by atoms with E-state index in [1.165, 1.54) is 24.3 Å². The number of pyridine rings is 1. The van der Waals surface area contributed by atoms with Crippen molar-refractivity contribution in [2.24, 2.45) is 10.7 Å². The molecule has 0 bridgehead atoms.